The number of hydrogen-bond donors (Lipinski definition) is 1. The Kier molecular flexibility index (Phi) is 4.17. The first kappa shape index (κ1) is 15.0. The highest BCUT2D eigenvalue weighted by Gasteiger charge is 2.36. The zero-order valence-corrected chi connectivity index (χ0v) is 14.0. The second kappa shape index (κ2) is 6.13. The third-order valence-electron chi connectivity index (χ3n) is 5.71. The molecule has 6 heteroatoms. The van der Waals surface area contributed by atoms with Crippen LogP contribution in [0, 0.1) is 0 Å². The Morgan fingerprint density at radius 3 is 2.59 bits per heavy atom. The molecule has 0 bridgehead atoms. The molecule has 1 aromatic heterocycles. The van der Waals surface area contributed by atoms with Gasteiger partial charge in [-0.2, -0.15) is 11.8 Å². The van der Waals surface area contributed by atoms with Gasteiger partial charge in [-0.1, -0.05) is 18.1 Å². The Morgan fingerprint density at radius 2 is 1.91 bits per heavy atom. The van der Waals surface area contributed by atoms with Gasteiger partial charge in [0.05, 0.1) is 12.2 Å². The van der Waals surface area contributed by atoms with Crippen molar-refractivity contribution in [2.75, 3.05) is 24.6 Å². The summed E-state index contributed by atoms with van der Waals surface area (Å²) in [5.41, 5.74) is 0.0830. The first-order valence-corrected chi connectivity index (χ1v) is 9.87. The highest BCUT2D eigenvalue weighted by molar-refractivity contribution is 7.99. The largest absolute Gasteiger partial charge is 0.383 e. The van der Waals surface area contributed by atoms with E-state index in [1.54, 1.807) is 0 Å². The highest BCUT2D eigenvalue weighted by atomic mass is 32.2. The Hall–Kier alpha value is -0.590. The monoisotopic (exact) mass is 322 g/mol. The van der Waals surface area contributed by atoms with Crippen molar-refractivity contribution in [2.45, 2.75) is 62.6 Å². The lowest BCUT2D eigenvalue weighted by Crippen LogP contribution is -2.42. The van der Waals surface area contributed by atoms with Crippen molar-refractivity contribution < 1.29 is 5.11 Å². The van der Waals surface area contributed by atoms with Crippen LogP contribution in [0.15, 0.2) is 6.20 Å². The van der Waals surface area contributed by atoms with Gasteiger partial charge in [0.2, 0.25) is 0 Å². The molecule has 1 atom stereocenters. The van der Waals surface area contributed by atoms with E-state index < -0.39 is 5.60 Å². The molecule has 2 aliphatic heterocycles. The topological polar surface area (TPSA) is 54.2 Å². The van der Waals surface area contributed by atoms with Gasteiger partial charge in [-0.25, -0.2) is 4.68 Å². The van der Waals surface area contributed by atoms with Crippen LogP contribution in [-0.4, -0.2) is 55.6 Å². The lowest BCUT2D eigenvalue weighted by Gasteiger charge is -2.35. The maximum Gasteiger partial charge on any atom is 0.114 e. The lowest BCUT2D eigenvalue weighted by molar-refractivity contribution is 0.0398. The number of rotatable bonds is 3. The molecule has 0 radical (unpaired) electrons. The van der Waals surface area contributed by atoms with Gasteiger partial charge in [0, 0.05) is 24.9 Å². The molecule has 2 saturated heterocycles. The van der Waals surface area contributed by atoms with E-state index >= 15 is 0 Å². The summed E-state index contributed by atoms with van der Waals surface area (Å²) in [6, 6.07) is 1.26. The van der Waals surface area contributed by atoms with Crippen LogP contribution in [0.3, 0.4) is 0 Å². The van der Waals surface area contributed by atoms with E-state index in [2.05, 4.69) is 27.0 Å². The van der Waals surface area contributed by atoms with Gasteiger partial charge < -0.3 is 5.11 Å². The second-order valence-corrected chi connectivity index (χ2v) is 8.26. The lowest BCUT2D eigenvalue weighted by atomic mass is 9.98. The summed E-state index contributed by atoms with van der Waals surface area (Å²) < 4.78 is 2.02. The van der Waals surface area contributed by atoms with Gasteiger partial charge in [0.15, 0.2) is 0 Å². The molecule has 0 aromatic carbocycles. The van der Waals surface area contributed by atoms with Gasteiger partial charge in [0.25, 0.3) is 0 Å². The molecule has 22 heavy (non-hydrogen) atoms. The fourth-order valence-electron chi connectivity index (χ4n) is 4.21. The predicted octanol–water partition coefficient (Wildman–Crippen LogP) is 2.18. The fourth-order valence-corrected chi connectivity index (χ4v) is 5.46. The number of piperidine rings is 1. The summed E-state index contributed by atoms with van der Waals surface area (Å²) in [5, 5.41) is 19.3. The molecule has 4 rings (SSSR count). The Morgan fingerprint density at radius 1 is 1.14 bits per heavy atom. The van der Waals surface area contributed by atoms with Crippen LogP contribution in [-0.2, 0) is 5.60 Å². The van der Waals surface area contributed by atoms with Gasteiger partial charge in [-0.05, 0) is 37.9 Å². The highest BCUT2D eigenvalue weighted by Crippen LogP contribution is 2.38. The molecular formula is C16H26N4OS. The van der Waals surface area contributed by atoms with Crippen molar-refractivity contribution in [3.63, 3.8) is 0 Å². The number of hydrogen-bond acceptors (Lipinski definition) is 5. The summed E-state index contributed by atoms with van der Waals surface area (Å²) in [6.45, 7) is 2.35. The maximum absolute atomic E-state index is 10.6. The summed E-state index contributed by atoms with van der Waals surface area (Å²) in [6.07, 6.45) is 9.55. The van der Waals surface area contributed by atoms with Crippen LogP contribution in [0.5, 0.6) is 0 Å². The molecule has 3 aliphatic rings. The number of thioether (sulfide) groups is 1. The number of nitrogens with zero attached hydrogens (tertiary/aromatic N) is 4. The molecule has 5 nitrogen and oxygen atoms in total. The van der Waals surface area contributed by atoms with E-state index in [0.717, 1.165) is 50.3 Å². The van der Waals surface area contributed by atoms with Gasteiger partial charge in [-0.15, -0.1) is 5.10 Å². The smallest absolute Gasteiger partial charge is 0.114 e. The average Bonchev–Trinajstić information content (AvgIpc) is 3.29. The third kappa shape index (κ3) is 2.81. The summed E-state index contributed by atoms with van der Waals surface area (Å²) in [7, 11) is 0. The molecule has 1 aromatic rings. The SMILES string of the molecule is OC1(c2cn(C3CCN([C@@H]4CCSC4)CC3)nn2)CCCC1. The molecule has 1 N–H and O–H groups in total. The van der Waals surface area contributed by atoms with Crippen LogP contribution < -0.4 is 0 Å². The number of aromatic nitrogens is 3. The molecule has 3 fully saturated rings. The van der Waals surface area contributed by atoms with E-state index in [0.29, 0.717) is 6.04 Å². The molecular weight excluding hydrogens is 296 g/mol. The van der Waals surface area contributed by atoms with Gasteiger partial charge in [-0.3, -0.25) is 4.90 Å². The summed E-state index contributed by atoms with van der Waals surface area (Å²) in [4.78, 5) is 2.67. The van der Waals surface area contributed by atoms with E-state index in [-0.39, 0.29) is 0 Å². The van der Waals surface area contributed by atoms with E-state index in [9.17, 15) is 5.11 Å². The van der Waals surface area contributed by atoms with E-state index in [1.807, 2.05) is 10.9 Å². The fraction of sp³-hybridized carbons (Fsp3) is 0.875. The van der Waals surface area contributed by atoms with Crippen LogP contribution >= 0.6 is 11.8 Å². The second-order valence-electron chi connectivity index (χ2n) is 7.11. The van der Waals surface area contributed by atoms with Crippen LogP contribution in [0.25, 0.3) is 0 Å². The Labute approximate surface area is 136 Å². The first-order chi connectivity index (χ1) is 10.7. The molecule has 0 spiro atoms. The number of aliphatic hydroxyl groups is 1. The minimum Gasteiger partial charge on any atom is -0.383 e. The Bertz CT molecular complexity index is 500. The summed E-state index contributed by atoms with van der Waals surface area (Å²) >= 11 is 2.09. The Balaban J connectivity index is 1.38. The van der Waals surface area contributed by atoms with Crippen molar-refractivity contribution in [1.29, 1.82) is 0 Å². The van der Waals surface area contributed by atoms with Crippen LogP contribution in [0.4, 0.5) is 0 Å². The third-order valence-corrected chi connectivity index (χ3v) is 6.86. The van der Waals surface area contributed by atoms with Crippen molar-refractivity contribution in [3.05, 3.63) is 11.9 Å². The summed E-state index contributed by atoms with van der Waals surface area (Å²) in [5.74, 6) is 2.64. The zero-order chi connectivity index (χ0) is 15.0. The van der Waals surface area contributed by atoms with Crippen molar-refractivity contribution in [3.8, 4) is 0 Å². The maximum atomic E-state index is 10.6. The number of likely N-dealkylation sites (tertiary alicyclic amines) is 1. The molecule has 1 aliphatic carbocycles. The molecule has 0 unspecified atom stereocenters. The van der Waals surface area contributed by atoms with Gasteiger partial charge in [0.1, 0.15) is 11.3 Å². The average molecular weight is 322 g/mol. The first-order valence-electron chi connectivity index (χ1n) is 8.71. The van der Waals surface area contributed by atoms with Gasteiger partial charge >= 0.3 is 0 Å². The minimum atomic E-state index is -0.708. The van der Waals surface area contributed by atoms with E-state index in [1.165, 1.54) is 31.0 Å². The van der Waals surface area contributed by atoms with E-state index in [4.69, 9.17) is 0 Å². The zero-order valence-electron chi connectivity index (χ0n) is 13.2. The minimum absolute atomic E-state index is 0.455. The van der Waals surface area contributed by atoms with Crippen molar-refractivity contribution in [1.82, 2.24) is 19.9 Å². The van der Waals surface area contributed by atoms with Crippen LogP contribution in [0.2, 0.25) is 0 Å². The molecule has 0 amide bonds. The standard InChI is InChI=1S/C16H26N4OS/c21-16(6-1-2-7-16)15-11-20(18-17-15)13-3-8-19(9-4-13)14-5-10-22-12-14/h11,13-14,21H,1-10,12H2/t14-/m1/s1. The van der Waals surface area contributed by atoms with Crippen molar-refractivity contribution in [2.24, 2.45) is 0 Å². The van der Waals surface area contributed by atoms with Crippen molar-refractivity contribution >= 4 is 11.8 Å². The molecule has 122 valence electrons. The van der Waals surface area contributed by atoms with Crippen LogP contribution in [0.1, 0.15) is 56.7 Å². The molecule has 3 heterocycles. The quantitative estimate of drug-likeness (QED) is 0.924. The predicted molar refractivity (Wildman–Crippen MR) is 88.0 cm³/mol. The molecule has 1 saturated carbocycles. The normalized spacial score (nSPS) is 30.1.